The Morgan fingerprint density at radius 2 is 1.90 bits per heavy atom. The Bertz CT molecular complexity index is 658. The second-order valence-electron chi connectivity index (χ2n) is 4.79. The van der Waals surface area contributed by atoms with Crippen molar-refractivity contribution < 1.29 is 18.0 Å². The number of benzene rings is 1. The maximum absolute atomic E-state index is 11.8. The lowest BCUT2D eigenvalue weighted by Gasteiger charge is -2.10. The van der Waals surface area contributed by atoms with Gasteiger partial charge >= 0.3 is 0 Å². The summed E-state index contributed by atoms with van der Waals surface area (Å²) >= 11 is 5.71. The van der Waals surface area contributed by atoms with Crippen molar-refractivity contribution in [3.05, 3.63) is 28.8 Å². The smallest absolute Gasteiger partial charge is 0.269 e. The van der Waals surface area contributed by atoms with Gasteiger partial charge in [-0.15, -0.1) is 0 Å². The minimum Gasteiger partial charge on any atom is -0.273 e. The van der Waals surface area contributed by atoms with Crippen LogP contribution in [0.1, 0.15) is 30.6 Å². The van der Waals surface area contributed by atoms with Gasteiger partial charge < -0.3 is 0 Å². The average molecular weight is 334 g/mol. The van der Waals surface area contributed by atoms with Gasteiger partial charge in [0.25, 0.3) is 5.91 Å². The molecule has 0 bridgehead atoms. The molecule has 0 fully saturated rings. The average Bonchev–Trinajstić information content (AvgIpc) is 2.34. The molecule has 2 amide bonds. The van der Waals surface area contributed by atoms with Gasteiger partial charge in [0.15, 0.2) is 0 Å². The molecule has 1 aromatic carbocycles. The number of nitrogens with two attached hydrogens (primary N) is 1. The maximum atomic E-state index is 11.8. The van der Waals surface area contributed by atoms with Gasteiger partial charge in [0.1, 0.15) is 4.90 Å². The van der Waals surface area contributed by atoms with Crippen molar-refractivity contribution in [2.45, 2.75) is 25.2 Å². The zero-order chi connectivity index (χ0) is 16.2. The molecule has 0 aliphatic carbocycles. The van der Waals surface area contributed by atoms with Gasteiger partial charge in [-0.25, -0.2) is 13.6 Å². The number of amides is 2. The van der Waals surface area contributed by atoms with E-state index in [4.69, 9.17) is 16.7 Å². The first-order chi connectivity index (χ1) is 9.61. The lowest BCUT2D eigenvalue weighted by molar-refractivity contribution is -0.122. The molecular formula is C12H16ClN3O4S. The molecule has 0 aliphatic rings. The van der Waals surface area contributed by atoms with Crippen LogP contribution in [-0.4, -0.2) is 20.2 Å². The van der Waals surface area contributed by atoms with Crippen molar-refractivity contribution in [3.63, 3.8) is 0 Å². The number of hydrazine groups is 1. The van der Waals surface area contributed by atoms with Gasteiger partial charge in [0.2, 0.25) is 15.9 Å². The molecule has 4 N–H and O–H groups in total. The number of halogens is 1. The van der Waals surface area contributed by atoms with Crippen molar-refractivity contribution in [2.24, 2.45) is 11.1 Å². The van der Waals surface area contributed by atoms with Gasteiger partial charge in [0.05, 0.1) is 5.02 Å². The number of primary sulfonamides is 1. The molecule has 0 atom stereocenters. The highest BCUT2D eigenvalue weighted by Gasteiger charge is 2.16. The number of rotatable bonds is 4. The van der Waals surface area contributed by atoms with E-state index in [2.05, 4.69) is 10.9 Å². The van der Waals surface area contributed by atoms with E-state index < -0.39 is 15.9 Å². The maximum Gasteiger partial charge on any atom is 0.269 e. The summed E-state index contributed by atoms with van der Waals surface area (Å²) in [6.45, 7) is 3.72. The summed E-state index contributed by atoms with van der Waals surface area (Å²) in [4.78, 5) is 22.9. The number of nitrogens with one attached hydrogen (secondary N) is 2. The van der Waals surface area contributed by atoms with Crippen LogP contribution in [0.2, 0.25) is 5.02 Å². The largest absolute Gasteiger partial charge is 0.273 e. The van der Waals surface area contributed by atoms with Crippen LogP contribution in [0.3, 0.4) is 0 Å². The Morgan fingerprint density at radius 1 is 1.29 bits per heavy atom. The molecule has 1 rings (SSSR count). The van der Waals surface area contributed by atoms with E-state index in [0.717, 1.165) is 6.07 Å². The predicted molar refractivity (Wildman–Crippen MR) is 77.9 cm³/mol. The molecule has 0 aliphatic heterocycles. The molecule has 116 valence electrons. The Morgan fingerprint density at radius 3 is 2.43 bits per heavy atom. The van der Waals surface area contributed by atoms with E-state index in [1.807, 2.05) is 13.8 Å². The van der Waals surface area contributed by atoms with Gasteiger partial charge in [-0.2, -0.15) is 0 Å². The van der Waals surface area contributed by atoms with E-state index in [9.17, 15) is 18.0 Å². The van der Waals surface area contributed by atoms with Crippen LogP contribution in [0.4, 0.5) is 0 Å². The van der Waals surface area contributed by atoms with Gasteiger partial charge in [-0.05, 0) is 24.1 Å². The second kappa shape index (κ2) is 6.88. The zero-order valence-corrected chi connectivity index (χ0v) is 13.1. The number of hydrogen-bond acceptors (Lipinski definition) is 4. The topological polar surface area (TPSA) is 118 Å². The third-order valence-corrected chi connectivity index (χ3v) is 3.80. The SMILES string of the molecule is CC(C)CC(=O)NNC(=O)c1ccc(Cl)c(S(N)(=O)=O)c1. The zero-order valence-electron chi connectivity index (χ0n) is 11.5. The van der Waals surface area contributed by atoms with Gasteiger partial charge in [0, 0.05) is 12.0 Å². The summed E-state index contributed by atoms with van der Waals surface area (Å²) in [5.41, 5.74) is 4.43. The summed E-state index contributed by atoms with van der Waals surface area (Å²) in [5.74, 6) is -0.876. The lowest BCUT2D eigenvalue weighted by Crippen LogP contribution is -2.42. The first-order valence-electron chi connectivity index (χ1n) is 6.02. The molecule has 7 nitrogen and oxygen atoms in total. The van der Waals surface area contributed by atoms with Crippen LogP contribution in [0.15, 0.2) is 23.1 Å². The molecule has 1 aromatic rings. The number of hydrogen-bond donors (Lipinski definition) is 3. The van der Waals surface area contributed by atoms with Crippen molar-refractivity contribution in [3.8, 4) is 0 Å². The summed E-state index contributed by atoms with van der Waals surface area (Å²) in [5, 5.41) is 4.90. The fourth-order valence-corrected chi connectivity index (χ4v) is 2.55. The van der Waals surface area contributed by atoms with Gasteiger partial charge in [-0.1, -0.05) is 25.4 Å². The molecule has 9 heteroatoms. The van der Waals surface area contributed by atoms with Crippen molar-refractivity contribution >= 4 is 33.4 Å². The Labute approximate surface area is 127 Å². The summed E-state index contributed by atoms with van der Waals surface area (Å²) in [6.07, 6.45) is 0.253. The molecule has 0 heterocycles. The van der Waals surface area contributed by atoms with Crippen LogP contribution in [0, 0.1) is 5.92 Å². The molecule has 0 saturated carbocycles. The standard InChI is InChI=1S/C12H16ClN3O4S/c1-7(2)5-11(17)15-16-12(18)8-3-4-9(13)10(6-8)21(14,19)20/h3-4,6-7H,5H2,1-2H3,(H,15,17)(H,16,18)(H2,14,19,20). The highest BCUT2D eigenvalue weighted by Crippen LogP contribution is 2.21. The van der Waals surface area contributed by atoms with E-state index >= 15 is 0 Å². The first-order valence-corrected chi connectivity index (χ1v) is 7.95. The van der Waals surface area contributed by atoms with E-state index in [0.29, 0.717) is 0 Å². The highest BCUT2D eigenvalue weighted by atomic mass is 35.5. The number of sulfonamides is 1. The normalized spacial score (nSPS) is 11.3. The van der Waals surface area contributed by atoms with E-state index in [1.54, 1.807) is 0 Å². The summed E-state index contributed by atoms with van der Waals surface area (Å²) < 4.78 is 22.6. The molecular weight excluding hydrogens is 318 g/mol. The Hall–Kier alpha value is -1.64. The third-order valence-electron chi connectivity index (χ3n) is 2.41. The summed E-state index contributed by atoms with van der Waals surface area (Å²) in [7, 11) is -4.04. The monoisotopic (exact) mass is 333 g/mol. The lowest BCUT2D eigenvalue weighted by atomic mass is 10.1. The van der Waals surface area contributed by atoms with Crippen LogP contribution in [0.25, 0.3) is 0 Å². The highest BCUT2D eigenvalue weighted by molar-refractivity contribution is 7.89. The number of carbonyl (C=O) groups excluding carboxylic acids is 2. The second-order valence-corrected chi connectivity index (χ2v) is 6.73. The molecule has 0 unspecified atom stereocenters. The Balaban J connectivity index is 2.83. The van der Waals surface area contributed by atoms with Crippen molar-refractivity contribution in [1.82, 2.24) is 10.9 Å². The van der Waals surface area contributed by atoms with Crippen LogP contribution >= 0.6 is 11.6 Å². The molecule has 0 saturated heterocycles. The summed E-state index contributed by atoms with van der Waals surface area (Å²) in [6, 6.07) is 3.61. The van der Waals surface area contributed by atoms with Crippen molar-refractivity contribution in [2.75, 3.05) is 0 Å². The van der Waals surface area contributed by atoms with Crippen LogP contribution < -0.4 is 16.0 Å². The quantitative estimate of drug-likeness (QED) is 0.706. The van der Waals surface area contributed by atoms with Crippen LogP contribution in [0.5, 0.6) is 0 Å². The molecule has 0 aromatic heterocycles. The molecule has 0 radical (unpaired) electrons. The predicted octanol–water partition coefficient (Wildman–Crippen LogP) is 0.794. The minimum atomic E-state index is -4.04. The molecule has 0 spiro atoms. The fourth-order valence-electron chi connectivity index (χ4n) is 1.48. The van der Waals surface area contributed by atoms with Crippen molar-refractivity contribution in [1.29, 1.82) is 0 Å². The fraction of sp³-hybridized carbons (Fsp3) is 0.333. The van der Waals surface area contributed by atoms with E-state index in [-0.39, 0.29) is 33.7 Å². The van der Waals surface area contributed by atoms with Crippen LogP contribution in [-0.2, 0) is 14.8 Å². The Kier molecular flexibility index (Phi) is 5.70. The third kappa shape index (κ3) is 5.33. The van der Waals surface area contributed by atoms with E-state index in [1.165, 1.54) is 12.1 Å². The first kappa shape index (κ1) is 17.4. The van der Waals surface area contributed by atoms with Gasteiger partial charge in [-0.3, -0.25) is 20.4 Å². The number of carbonyl (C=O) groups is 2. The molecule has 21 heavy (non-hydrogen) atoms. The minimum absolute atomic E-state index is 0.00766.